The molecule has 14 nitrogen and oxygen atoms in total. The molecule has 17 heteroatoms. The van der Waals surface area contributed by atoms with Gasteiger partial charge in [0, 0.05) is 24.8 Å². The molecule has 4 rings (SSSR count). The Kier molecular flexibility index (Phi) is 16.0. The fraction of sp³-hybridized carbons (Fsp3) is 0.0909. The Labute approximate surface area is 240 Å². The first-order valence-electron chi connectivity index (χ1n) is 10.5. The standard InChI is InChI=1S/2C10H9N4O2S.2CH5N.Zn/c2*11-8-2-4-9(5-3-8)17(15,16)14-10-12-6-1-7-13-10;2*1-2;/h2*1-7,11H,(H,12,13,14);2*2H2,1H3;/q2*-1;;;+2. The molecule has 8 N–H and O–H groups in total. The van der Waals surface area contributed by atoms with Gasteiger partial charge in [0.2, 0.25) is 11.9 Å². The minimum Gasteiger partial charge on any atom is -0.699 e. The van der Waals surface area contributed by atoms with E-state index in [0.717, 1.165) is 0 Å². The number of aromatic nitrogens is 4. The van der Waals surface area contributed by atoms with Gasteiger partial charge >= 0.3 is 19.5 Å². The van der Waals surface area contributed by atoms with Gasteiger partial charge in [0.1, 0.15) is 0 Å². The van der Waals surface area contributed by atoms with Gasteiger partial charge in [0.15, 0.2) is 0 Å². The summed E-state index contributed by atoms with van der Waals surface area (Å²) in [5, 5.41) is 0. The van der Waals surface area contributed by atoms with E-state index < -0.39 is 20.0 Å². The number of hydrogen-bond donors (Lipinski definition) is 4. The third kappa shape index (κ3) is 12.1. The summed E-state index contributed by atoms with van der Waals surface area (Å²) in [6.07, 6.45) is 5.77. The number of nitrogens with zero attached hydrogens (tertiary/aromatic N) is 4. The van der Waals surface area contributed by atoms with Crippen LogP contribution in [0.15, 0.2) is 95.2 Å². The fourth-order valence-corrected chi connectivity index (χ4v) is 4.25. The maximum absolute atomic E-state index is 11.9. The molecule has 204 valence electrons. The quantitative estimate of drug-likeness (QED) is 0.228. The second-order valence-electron chi connectivity index (χ2n) is 6.40. The van der Waals surface area contributed by atoms with E-state index >= 15 is 0 Å². The number of sulfonamides is 2. The summed E-state index contributed by atoms with van der Waals surface area (Å²) in [6.45, 7) is 0. The number of anilines is 2. The summed E-state index contributed by atoms with van der Waals surface area (Å²) in [6, 6.07) is 14.2. The second kappa shape index (κ2) is 17.7. The average molecular weight is 626 g/mol. The van der Waals surface area contributed by atoms with Crippen LogP contribution in [0.4, 0.5) is 23.3 Å². The average Bonchev–Trinajstić information content (AvgIpc) is 2.92. The first-order valence-corrected chi connectivity index (χ1v) is 13.5. The molecule has 0 radical (unpaired) electrons. The normalized spacial score (nSPS) is 9.95. The number of rotatable bonds is 6. The van der Waals surface area contributed by atoms with Crippen LogP contribution in [0.3, 0.4) is 0 Å². The molecule has 0 bridgehead atoms. The summed E-state index contributed by atoms with van der Waals surface area (Å²) < 4.78 is 51.9. The van der Waals surface area contributed by atoms with E-state index in [4.69, 9.17) is 11.5 Å². The van der Waals surface area contributed by atoms with Gasteiger partial charge in [-0.25, -0.2) is 46.2 Å². The van der Waals surface area contributed by atoms with Crippen molar-refractivity contribution in [3.05, 3.63) is 96.9 Å². The number of benzene rings is 2. The minimum atomic E-state index is -3.69. The molecular formula is C22H28N10O4S2Zn. The van der Waals surface area contributed by atoms with Crippen molar-refractivity contribution in [2.75, 3.05) is 23.5 Å². The molecule has 0 aliphatic heterocycles. The molecule has 4 aromatic rings. The molecule has 0 unspecified atom stereocenters. The van der Waals surface area contributed by atoms with Crippen molar-refractivity contribution < 1.29 is 36.3 Å². The van der Waals surface area contributed by atoms with Crippen molar-refractivity contribution in [1.82, 2.24) is 19.9 Å². The molecule has 0 aliphatic carbocycles. The van der Waals surface area contributed by atoms with Crippen molar-refractivity contribution in [3.63, 3.8) is 0 Å². The summed E-state index contributed by atoms with van der Waals surface area (Å²) in [5.74, 6) is 0.0323. The van der Waals surface area contributed by atoms with E-state index in [-0.39, 0.29) is 52.5 Å². The van der Waals surface area contributed by atoms with Crippen LogP contribution in [0.1, 0.15) is 0 Å². The molecule has 2 heterocycles. The first-order chi connectivity index (χ1) is 18.2. The predicted molar refractivity (Wildman–Crippen MR) is 147 cm³/mol. The van der Waals surface area contributed by atoms with Crippen LogP contribution in [0.5, 0.6) is 0 Å². The Morgan fingerprint density at radius 2 is 0.821 bits per heavy atom. The molecule has 0 atom stereocenters. The van der Waals surface area contributed by atoms with Crippen LogP contribution in [-0.4, -0.2) is 50.9 Å². The van der Waals surface area contributed by atoms with Gasteiger partial charge in [-0.2, -0.15) is 0 Å². The van der Waals surface area contributed by atoms with Crippen LogP contribution in [-0.2, 0) is 39.5 Å². The van der Waals surface area contributed by atoms with Crippen molar-refractivity contribution in [2.24, 2.45) is 11.5 Å². The van der Waals surface area contributed by atoms with Crippen LogP contribution < -0.4 is 20.9 Å². The van der Waals surface area contributed by atoms with Gasteiger partial charge in [-0.05, 0) is 50.5 Å². The van der Waals surface area contributed by atoms with Crippen molar-refractivity contribution in [2.45, 2.75) is 9.79 Å². The smallest absolute Gasteiger partial charge is 0.699 e. The van der Waals surface area contributed by atoms with E-state index in [9.17, 15) is 16.8 Å². The van der Waals surface area contributed by atoms with Crippen molar-refractivity contribution in [1.29, 1.82) is 0 Å². The van der Waals surface area contributed by atoms with Crippen molar-refractivity contribution in [3.8, 4) is 0 Å². The number of hydrogen-bond acceptors (Lipinski definition) is 10. The zero-order chi connectivity index (χ0) is 28.6. The Balaban J connectivity index is 0.000000642. The molecular weight excluding hydrogens is 598 g/mol. The second-order valence-corrected chi connectivity index (χ2v) is 9.77. The monoisotopic (exact) mass is 624 g/mol. The summed E-state index contributed by atoms with van der Waals surface area (Å²) in [5.41, 5.74) is 24.1. The van der Waals surface area contributed by atoms with Crippen LogP contribution in [0.2, 0.25) is 0 Å². The predicted octanol–water partition coefficient (Wildman–Crippen LogP) is 3.07. The maximum Gasteiger partial charge on any atom is 2.00 e. The van der Waals surface area contributed by atoms with E-state index in [0.29, 0.717) is 0 Å². The summed E-state index contributed by atoms with van der Waals surface area (Å²) in [4.78, 5) is 15.2. The Morgan fingerprint density at radius 1 is 0.564 bits per heavy atom. The SMILES string of the molecule is CN.CN.[NH-]c1ccc(S(=O)(=O)Nc2ncccn2)cc1.[NH-]c1ccc(S(=O)(=O)Nc2ncccn2)cc1.[Zn+2]. The van der Waals surface area contributed by atoms with Gasteiger partial charge in [-0.1, -0.05) is 24.3 Å². The molecule has 0 saturated carbocycles. The Hall–Kier alpha value is -3.76. The first kappa shape index (κ1) is 35.2. The zero-order valence-electron chi connectivity index (χ0n) is 21.2. The van der Waals surface area contributed by atoms with Crippen LogP contribution >= 0.6 is 0 Å². The molecule has 0 fully saturated rings. The number of nitrogens with two attached hydrogens (primary N) is 2. The zero-order valence-corrected chi connectivity index (χ0v) is 25.8. The minimum absolute atomic E-state index is 0. The van der Waals surface area contributed by atoms with Crippen molar-refractivity contribution >= 4 is 43.3 Å². The van der Waals surface area contributed by atoms with E-state index in [1.54, 1.807) is 12.1 Å². The molecule has 0 amide bonds. The maximum atomic E-state index is 11.9. The van der Waals surface area contributed by atoms with E-state index in [1.165, 1.54) is 87.4 Å². The van der Waals surface area contributed by atoms with Gasteiger partial charge in [-0.15, -0.1) is 11.4 Å². The van der Waals surface area contributed by atoms with Gasteiger partial charge in [0.25, 0.3) is 20.0 Å². The molecule has 2 aromatic heterocycles. The van der Waals surface area contributed by atoms with E-state index in [1.807, 2.05) is 0 Å². The third-order valence-corrected chi connectivity index (χ3v) is 6.60. The van der Waals surface area contributed by atoms with Gasteiger partial charge in [0.05, 0.1) is 9.79 Å². The van der Waals surface area contributed by atoms with E-state index in [2.05, 4.69) is 40.8 Å². The fourth-order valence-electron chi connectivity index (χ4n) is 2.33. The molecule has 2 aromatic carbocycles. The largest absolute Gasteiger partial charge is 2.00 e. The van der Waals surface area contributed by atoms with Gasteiger partial charge in [-0.3, -0.25) is 0 Å². The topological polar surface area (TPSA) is 244 Å². The summed E-state index contributed by atoms with van der Waals surface area (Å²) in [7, 11) is -4.38. The molecule has 0 saturated heterocycles. The Bertz CT molecular complexity index is 1320. The van der Waals surface area contributed by atoms with Gasteiger partial charge < -0.3 is 22.9 Å². The Morgan fingerprint density at radius 3 is 1.08 bits per heavy atom. The van der Waals surface area contributed by atoms with Crippen LogP contribution in [0.25, 0.3) is 11.5 Å². The number of nitrogens with one attached hydrogen (secondary N) is 4. The summed E-state index contributed by atoms with van der Waals surface area (Å²) >= 11 is 0. The van der Waals surface area contributed by atoms with Crippen LogP contribution in [0, 0.1) is 0 Å². The molecule has 0 aliphatic rings. The molecule has 0 spiro atoms. The third-order valence-electron chi connectivity index (χ3n) is 3.91. The molecule has 39 heavy (non-hydrogen) atoms.